The molecule has 0 spiro atoms. The van der Waals surface area contributed by atoms with E-state index in [9.17, 15) is 14.4 Å². The highest BCUT2D eigenvalue weighted by molar-refractivity contribution is 6.32. The number of ether oxygens (including phenoxy) is 2. The van der Waals surface area contributed by atoms with E-state index in [2.05, 4.69) is 15.2 Å². The van der Waals surface area contributed by atoms with Crippen molar-refractivity contribution in [3.63, 3.8) is 0 Å². The maximum absolute atomic E-state index is 12.3. The Morgan fingerprint density at radius 2 is 1.86 bits per heavy atom. The number of benzene rings is 1. The van der Waals surface area contributed by atoms with Gasteiger partial charge in [0.2, 0.25) is 0 Å². The van der Waals surface area contributed by atoms with Gasteiger partial charge in [0.15, 0.2) is 6.61 Å². The number of amides is 1. The van der Waals surface area contributed by atoms with Crippen LogP contribution in [0.2, 0.25) is 5.15 Å². The number of carbonyl (C=O) groups is 3. The standard InChI is InChI=1S/C19H22ClN3O5/c1-4-5-10-23-17(20)16(12(2)22-23)19(26)28-11-15(24)21-14-8-6-13(7-9-14)18(25)27-3/h6-9H,4-5,10-11H2,1-3H3,(H,21,24). The molecule has 2 rings (SSSR count). The van der Waals surface area contributed by atoms with Crippen LogP contribution in [0.5, 0.6) is 0 Å². The summed E-state index contributed by atoms with van der Waals surface area (Å²) in [4.78, 5) is 35.7. The van der Waals surface area contributed by atoms with E-state index in [4.69, 9.17) is 16.3 Å². The normalized spacial score (nSPS) is 10.4. The van der Waals surface area contributed by atoms with Crippen LogP contribution >= 0.6 is 11.6 Å². The van der Waals surface area contributed by atoms with Crippen molar-refractivity contribution in [2.75, 3.05) is 19.0 Å². The van der Waals surface area contributed by atoms with Crippen molar-refractivity contribution in [2.45, 2.75) is 33.2 Å². The Balaban J connectivity index is 1.93. The molecule has 0 bridgehead atoms. The van der Waals surface area contributed by atoms with Crippen molar-refractivity contribution in [3.05, 3.63) is 46.2 Å². The molecule has 0 radical (unpaired) electrons. The van der Waals surface area contributed by atoms with E-state index >= 15 is 0 Å². The monoisotopic (exact) mass is 407 g/mol. The molecule has 2 aromatic rings. The van der Waals surface area contributed by atoms with Crippen molar-refractivity contribution in [3.8, 4) is 0 Å². The van der Waals surface area contributed by atoms with Crippen LogP contribution in [-0.2, 0) is 20.8 Å². The maximum atomic E-state index is 12.3. The predicted molar refractivity (Wildman–Crippen MR) is 104 cm³/mol. The van der Waals surface area contributed by atoms with Crippen LogP contribution in [0.1, 0.15) is 46.2 Å². The summed E-state index contributed by atoms with van der Waals surface area (Å²) in [5, 5.41) is 7.02. The first kappa shape index (κ1) is 21.4. The summed E-state index contributed by atoms with van der Waals surface area (Å²) in [6, 6.07) is 6.12. The van der Waals surface area contributed by atoms with Crippen molar-refractivity contribution < 1.29 is 23.9 Å². The highest BCUT2D eigenvalue weighted by Crippen LogP contribution is 2.21. The minimum Gasteiger partial charge on any atom is -0.465 e. The van der Waals surface area contributed by atoms with Gasteiger partial charge in [-0.15, -0.1) is 0 Å². The average Bonchev–Trinajstić information content (AvgIpc) is 2.97. The van der Waals surface area contributed by atoms with Gasteiger partial charge in [-0.2, -0.15) is 5.10 Å². The number of nitrogens with zero attached hydrogens (tertiary/aromatic N) is 2. The molecule has 1 aromatic carbocycles. The van der Waals surface area contributed by atoms with Gasteiger partial charge in [0.1, 0.15) is 10.7 Å². The first-order valence-electron chi connectivity index (χ1n) is 8.75. The number of nitrogens with one attached hydrogen (secondary N) is 1. The fraction of sp³-hybridized carbons (Fsp3) is 0.368. The Hall–Kier alpha value is -2.87. The van der Waals surface area contributed by atoms with Gasteiger partial charge < -0.3 is 14.8 Å². The fourth-order valence-corrected chi connectivity index (χ4v) is 2.79. The van der Waals surface area contributed by atoms with Gasteiger partial charge >= 0.3 is 11.9 Å². The summed E-state index contributed by atoms with van der Waals surface area (Å²) in [6.07, 6.45) is 1.85. The van der Waals surface area contributed by atoms with Gasteiger partial charge in [-0.3, -0.25) is 9.48 Å². The molecule has 0 saturated carbocycles. The first-order valence-corrected chi connectivity index (χ1v) is 9.13. The fourth-order valence-electron chi connectivity index (χ4n) is 2.45. The van der Waals surface area contributed by atoms with E-state index in [1.165, 1.54) is 19.2 Å². The number of rotatable bonds is 8. The van der Waals surface area contributed by atoms with Crippen molar-refractivity contribution in [1.29, 1.82) is 0 Å². The molecular formula is C19H22ClN3O5. The second-order valence-electron chi connectivity index (χ2n) is 6.02. The molecule has 0 aliphatic heterocycles. The van der Waals surface area contributed by atoms with Crippen LogP contribution in [0, 0.1) is 6.92 Å². The number of methoxy groups -OCH3 is 1. The Morgan fingerprint density at radius 1 is 1.18 bits per heavy atom. The van der Waals surface area contributed by atoms with E-state index in [0.717, 1.165) is 12.8 Å². The second kappa shape index (κ2) is 9.89. The molecular weight excluding hydrogens is 386 g/mol. The third-order valence-corrected chi connectivity index (χ3v) is 4.30. The molecule has 1 heterocycles. The van der Waals surface area contributed by atoms with Crippen LogP contribution < -0.4 is 5.32 Å². The Labute approximate surface area is 167 Å². The van der Waals surface area contributed by atoms with Crippen LogP contribution in [0.4, 0.5) is 5.69 Å². The minimum atomic E-state index is -0.707. The quantitative estimate of drug-likeness (QED) is 0.674. The van der Waals surface area contributed by atoms with Crippen LogP contribution in [0.15, 0.2) is 24.3 Å². The van der Waals surface area contributed by atoms with Crippen LogP contribution in [0.25, 0.3) is 0 Å². The Morgan fingerprint density at radius 3 is 2.46 bits per heavy atom. The van der Waals surface area contributed by atoms with Crippen molar-refractivity contribution in [1.82, 2.24) is 9.78 Å². The van der Waals surface area contributed by atoms with E-state index in [0.29, 0.717) is 23.5 Å². The lowest BCUT2D eigenvalue weighted by molar-refractivity contribution is -0.119. The summed E-state index contributed by atoms with van der Waals surface area (Å²) in [5.41, 5.74) is 1.42. The topological polar surface area (TPSA) is 99.5 Å². The van der Waals surface area contributed by atoms with Crippen LogP contribution in [0.3, 0.4) is 0 Å². The Kier molecular flexibility index (Phi) is 7.57. The molecule has 8 nitrogen and oxygen atoms in total. The molecule has 9 heteroatoms. The number of halogens is 1. The predicted octanol–water partition coefficient (Wildman–Crippen LogP) is 3.23. The van der Waals surface area contributed by atoms with Gasteiger partial charge in [0, 0.05) is 12.2 Å². The van der Waals surface area contributed by atoms with Gasteiger partial charge in [-0.1, -0.05) is 24.9 Å². The molecule has 0 atom stereocenters. The van der Waals surface area contributed by atoms with E-state index in [1.807, 2.05) is 6.92 Å². The zero-order valence-electron chi connectivity index (χ0n) is 16.0. The lowest BCUT2D eigenvalue weighted by Gasteiger charge is -2.07. The molecule has 0 saturated heterocycles. The number of unbranched alkanes of at least 4 members (excludes halogenated alkanes) is 1. The SMILES string of the molecule is CCCCn1nc(C)c(C(=O)OCC(=O)Nc2ccc(C(=O)OC)cc2)c1Cl. The molecule has 0 aliphatic rings. The lowest BCUT2D eigenvalue weighted by atomic mass is 10.2. The number of esters is 2. The maximum Gasteiger partial charge on any atom is 0.343 e. The van der Waals surface area contributed by atoms with Gasteiger partial charge in [-0.05, 0) is 37.6 Å². The molecule has 0 aliphatic carbocycles. The van der Waals surface area contributed by atoms with Crippen molar-refractivity contribution in [2.24, 2.45) is 0 Å². The summed E-state index contributed by atoms with van der Waals surface area (Å²) >= 11 is 6.22. The van der Waals surface area contributed by atoms with E-state index < -0.39 is 24.5 Å². The van der Waals surface area contributed by atoms with E-state index in [-0.39, 0.29) is 10.7 Å². The highest BCUT2D eigenvalue weighted by atomic mass is 35.5. The van der Waals surface area contributed by atoms with Gasteiger partial charge in [-0.25, -0.2) is 9.59 Å². The number of hydrogen-bond donors (Lipinski definition) is 1. The summed E-state index contributed by atoms with van der Waals surface area (Å²) in [7, 11) is 1.29. The molecule has 28 heavy (non-hydrogen) atoms. The highest BCUT2D eigenvalue weighted by Gasteiger charge is 2.22. The minimum absolute atomic E-state index is 0.160. The molecule has 1 amide bonds. The molecule has 1 N–H and O–H groups in total. The molecule has 0 fully saturated rings. The zero-order valence-corrected chi connectivity index (χ0v) is 16.7. The smallest absolute Gasteiger partial charge is 0.343 e. The number of aryl methyl sites for hydroxylation is 2. The first-order chi connectivity index (χ1) is 13.4. The largest absolute Gasteiger partial charge is 0.465 e. The lowest BCUT2D eigenvalue weighted by Crippen LogP contribution is -2.21. The molecule has 150 valence electrons. The number of carbonyl (C=O) groups excluding carboxylic acids is 3. The third-order valence-electron chi connectivity index (χ3n) is 3.92. The molecule has 0 unspecified atom stereocenters. The van der Waals surface area contributed by atoms with Crippen molar-refractivity contribution >= 4 is 35.1 Å². The number of anilines is 1. The summed E-state index contributed by atoms with van der Waals surface area (Å²) < 4.78 is 11.2. The average molecular weight is 408 g/mol. The number of hydrogen-bond acceptors (Lipinski definition) is 6. The zero-order chi connectivity index (χ0) is 20.7. The van der Waals surface area contributed by atoms with E-state index in [1.54, 1.807) is 23.7 Å². The van der Waals surface area contributed by atoms with Crippen LogP contribution in [-0.4, -0.2) is 41.3 Å². The third kappa shape index (κ3) is 5.32. The van der Waals surface area contributed by atoms with Gasteiger partial charge in [0.05, 0.1) is 18.4 Å². The molecule has 1 aromatic heterocycles. The second-order valence-corrected chi connectivity index (χ2v) is 6.38. The van der Waals surface area contributed by atoms with Gasteiger partial charge in [0.25, 0.3) is 5.91 Å². The summed E-state index contributed by atoms with van der Waals surface area (Å²) in [5.74, 6) is -1.70. The number of aromatic nitrogens is 2. The summed E-state index contributed by atoms with van der Waals surface area (Å²) in [6.45, 7) is 3.83. The Bertz CT molecular complexity index is 861.